The van der Waals surface area contributed by atoms with Crippen LogP contribution in [0.4, 0.5) is 9.18 Å². The summed E-state index contributed by atoms with van der Waals surface area (Å²) in [5.41, 5.74) is 0. The quantitative estimate of drug-likeness (QED) is 0.701. The Bertz CT molecular complexity index is 675. The minimum Gasteiger partial charge on any atom is -0.334 e. The lowest BCUT2D eigenvalue weighted by Crippen LogP contribution is -2.55. The van der Waals surface area contributed by atoms with E-state index in [1.165, 1.54) is 43.5 Å². The summed E-state index contributed by atoms with van der Waals surface area (Å²) in [5, 5.41) is 3.08. The maximum atomic E-state index is 13.3. The van der Waals surface area contributed by atoms with Crippen LogP contribution in [-0.2, 0) is 10.2 Å². The molecule has 4 unspecified atom stereocenters. The number of hydrogen-bond acceptors (Lipinski definition) is 3. The second-order valence-corrected chi connectivity index (χ2v) is 11.7. The maximum absolute atomic E-state index is 13.3. The number of carbonyl (C=O) groups excluding carboxylic acids is 1. The van der Waals surface area contributed by atoms with Gasteiger partial charge in [0.15, 0.2) is 0 Å². The first-order valence-corrected chi connectivity index (χ1v) is 13.0. The summed E-state index contributed by atoms with van der Waals surface area (Å²) in [5.74, 6) is 2.52. The van der Waals surface area contributed by atoms with Crippen molar-refractivity contribution >= 4 is 16.2 Å². The average Bonchev–Trinajstić information content (AvgIpc) is 3.32. The van der Waals surface area contributed by atoms with Gasteiger partial charge in [0.05, 0.1) is 0 Å². The first-order chi connectivity index (χ1) is 13.8. The number of alkyl halides is 1. The van der Waals surface area contributed by atoms with Crippen molar-refractivity contribution < 1.29 is 17.6 Å². The number of amides is 2. The number of nitrogens with one attached hydrogen (secondary N) is 2. The van der Waals surface area contributed by atoms with E-state index >= 15 is 0 Å². The summed E-state index contributed by atoms with van der Waals surface area (Å²) in [4.78, 5) is 12.7. The minimum absolute atomic E-state index is 0.101. The Labute approximate surface area is 174 Å². The van der Waals surface area contributed by atoms with Gasteiger partial charge in [-0.3, -0.25) is 0 Å². The number of nitrogens with zero attached hydrogens (tertiary/aromatic N) is 1. The van der Waals surface area contributed by atoms with Crippen molar-refractivity contribution in [3.05, 3.63) is 0 Å². The molecule has 4 aliphatic carbocycles. The predicted molar refractivity (Wildman–Crippen MR) is 110 cm³/mol. The second-order valence-electron chi connectivity index (χ2n) is 9.95. The molecule has 29 heavy (non-hydrogen) atoms. The van der Waals surface area contributed by atoms with E-state index < -0.39 is 22.4 Å². The molecule has 0 radical (unpaired) electrons. The largest absolute Gasteiger partial charge is 0.334 e. The summed E-state index contributed by atoms with van der Waals surface area (Å²) < 4.78 is 42.1. The van der Waals surface area contributed by atoms with Crippen molar-refractivity contribution in [1.82, 2.24) is 14.3 Å². The molecule has 0 spiro atoms. The van der Waals surface area contributed by atoms with E-state index in [0.717, 1.165) is 12.8 Å². The van der Waals surface area contributed by atoms with Gasteiger partial charge in [-0.15, -0.1) is 0 Å². The number of carbonyl (C=O) groups is 1. The lowest BCUT2D eigenvalue weighted by atomic mass is 9.67. The summed E-state index contributed by atoms with van der Waals surface area (Å²) in [6, 6.07) is -0.489. The van der Waals surface area contributed by atoms with E-state index in [1.807, 2.05) is 0 Å². The van der Waals surface area contributed by atoms with Gasteiger partial charge in [-0.2, -0.15) is 12.7 Å². The Hall–Kier alpha value is -0.890. The van der Waals surface area contributed by atoms with Crippen molar-refractivity contribution in [2.45, 2.75) is 82.8 Å². The van der Waals surface area contributed by atoms with Crippen LogP contribution in [-0.4, -0.2) is 44.6 Å². The normalized spacial score (nSPS) is 39.8. The van der Waals surface area contributed by atoms with Crippen LogP contribution in [0.15, 0.2) is 0 Å². The van der Waals surface area contributed by atoms with E-state index in [4.69, 9.17) is 0 Å². The van der Waals surface area contributed by atoms with E-state index in [0.29, 0.717) is 55.9 Å². The van der Waals surface area contributed by atoms with Crippen LogP contribution in [0.5, 0.6) is 0 Å². The van der Waals surface area contributed by atoms with Gasteiger partial charge >= 0.3 is 16.2 Å². The Balaban J connectivity index is 1.34. The van der Waals surface area contributed by atoms with Gasteiger partial charge in [-0.1, -0.05) is 25.7 Å². The molecule has 4 aliphatic rings. The third kappa shape index (κ3) is 4.73. The topological polar surface area (TPSA) is 78.5 Å². The zero-order valence-electron chi connectivity index (χ0n) is 17.5. The SMILES string of the molecule is CN(CC1CCC(F)CC1)S(=O)(=O)NC(=O)NC1C2CCCC2CC2CCCC21. The summed E-state index contributed by atoms with van der Waals surface area (Å²) >= 11 is 0. The zero-order valence-corrected chi connectivity index (χ0v) is 18.3. The molecule has 0 aromatic carbocycles. The van der Waals surface area contributed by atoms with Crippen molar-refractivity contribution in [1.29, 1.82) is 0 Å². The Morgan fingerprint density at radius 3 is 2.14 bits per heavy atom. The van der Waals surface area contributed by atoms with Gasteiger partial charge in [-0.25, -0.2) is 13.9 Å². The molecule has 166 valence electrons. The minimum atomic E-state index is -3.89. The molecule has 0 aromatic heterocycles. The number of rotatable bonds is 5. The van der Waals surface area contributed by atoms with Crippen LogP contribution >= 0.6 is 0 Å². The van der Waals surface area contributed by atoms with Crippen LogP contribution < -0.4 is 10.0 Å². The van der Waals surface area contributed by atoms with Crippen LogP contribution in [0.2, 0.25) is 0 Å². The first kappa shape index (κ1) is 21.3. The Morgan fingerprint density at radius 1 is 0.966 bits per heavy atom. The van der Waals surface area contributed by atoms with Crippen molar-refractivity contribution in [2.75, 3.05) is 13.6 Å². The molecule has 0 aromatic rings. The fourth-order valence-electron chi connectivity index (χ4n) is 6.72. The van der Waals surface area contributed by atoms with Crippen molar-refractivity contribution in [3.8, 4) is 0 Å². The molecule has 0 bridgehead atoms. The monoisotopic (exact) mass is 429 g/mol. The third-order valence-corrected chi connectivity index (χ3v) is 9.60. The summed E-state index contributed by atoms with van der Waals surface area (Å²) in [7, 11) is -2.39. The smallest absolute Gasteiger partial charge is 0.329 e. The highest BCUT2D eigenvalue weighted by molar-refractivity contribution is 7.87. The molecule has 2 amide bonds. The number of fused-ring (bicyclic) bond motifs is 2. The van der Waals surface area contributed by atoms with E-state index in [9.17, 15) is 17.6 Å². The highest BCUT2D eigenvalue weighted by Crippen LogP contribution is 2.52. The lowest BCUT2D eigenvalue weighted by Gasteiger charge is -2.42. The number of halogens is 1. The first-order valence-electron chi connectivity index (χ1n) is 11.5. The highest BCUT2D eigenvalue weighted by atomic mass is 32.2. The molecule has 6 nitrogen and oxygen atoms in total. The van der Waals surface area contributed by atoms with Crippen LogP contribution in [0.1, 0.15) is 70.6 Å². The second kappa shape index (κ2) is 8.69. The molecule has 4 saturated carbocycles. The standard InChI is InChI=1S/C21H36FN3O3S/c1-25(13-14-8-10-17(22)11-9-14)29(27,28)24-21(26)23-20-18-6-2-4-15(18)12-16-5-3-7-19(16)20/h14-20H,2-13H2,1H3,(H2,23,24,26). The van der Waals surface area contributed by atoms with E-state index in [2.05, 4.69) is 10.0 Å². The molecule has 0 saturated heterocycles. The molecular formula is C21H36FN3O3S. The fraction of sp³-hybridized carbons (Fsp3) is 0.952. The molecular weight excluding hydrogens is 393 g/mol. The van der Waals surface area contributed by atoms with Gasteiger partial charge in [0.25, 0.3) is 0 Å². The Morgan fingerprint density at radius 2 is 1.55 bits per heavy atom. The van der Waals surface area contributed by atoms with Gasteiger partial charge < -0.3 is 5.32 Å². The molecule has 0 heterocycles. The molecule has 2 N–H and O–H groups in total. The van der Waals surface area contributed by atoms with Crippen molar-refractivity contribution in [3.63, 3.8) is 0 Å². The lowest BCUT2D eigenvalue weighted by molar-refractivity contribution is 0.106. The van der Waals surface area contributed by atoms with Crippen LogP contribution in [0, 0.1) is 29.6 Å². The van der Waals surface area contributed by atoms with Crippen LogP contribution in [0.25, 0.3) is 0 Å². The van der Waals surface area contributed by atoms with Gasteiger partial charge in [0.1, 0.15) is 6.17 Å². The molecule has 8 heteroatoms. The molecule has 4 atom stereocenters. The Kier molecular flexibility index (Phi) is 6.40. The number of hydrogen-bond donors (Lipinski definition) is 2. The van der Waals surface area contributed by atoms with E-state index in [-0.39, 0.29) is 12.0 Å². The third-order valence-electron chi connectivity index (χ3n) is 8.19. The number of urea groups is 1. The van der Waals surface area contributed by atoms with Gasteiger partial charge in [-0.05, 0) is 74.5 Å². The molecule has 4 rings (SSSR count). The maximum Gasteiger partial charge on any atom is 0.329 e. The van der Waals surface area contributed by atoms with Crippen molar-refractivity contribution in [2.24, 2.45) is 29.6 Å². The molecule has 4 fully saturated rings. The molecule has 0 aliphatic heterocycles. The summed E-state index contributed by atoms with van der Waals surface area (Å²) in [6.45, 7) is 0.328. The fourth-order valence-corrected chi connectivity index (χ4v) is 7.58. The zero-order chi connectivity index (χ0) is 20.6. The average molecular weight is 430 g/mol. The highest BCUT2D eigenvalue weighted by Gasteiger charge is 2.48. The summed E-state index contributed by atoms with van der Waals surface area (Å²) in [6.07, 6.45) is 10.1. The van der Waals surface area contributed by atoms with Gasteiger partial charge in [0.2, 0.25) is 0 Å². The van der Waals surface area contributed by atoms with E-state index in [1.54, 1.807) is 0 Å². The predicted octanol–water partition coefficient (Wildman–Crippen LogP) is 3.60. The van der Waals surface area contributed by atoms with Crippen LogP contribution in [0.3, 0.4) is 0 Å². The van der Waals surface area contributed by atoms with Gasteiger partial charge in [0, 0.05) is 19.6 Å².